The first-order valence-corrected chi connectivity index (χ1v) is 8.81. The van der Waals surface area contributed by atoms with Gasteiger partial charge in [-0.3, -0.25) is 10.2 Å². The van der Waals surface area contributed by atoms with Crippen LogP contribution in [-0.2, 0) is 11.2 Å². The molecular formula is C21H21N3O3. The largest absolute Gasteiger partial charge is 0.462 e. The first-order valence-electron chi connectivity index (χ1n) is 8.81. The number of nitrogens with one attached hydrogen (secondary N) is 1. The average molecular weight is 363 g/mol. The van der Waals surface area contributed by atoms with Gasteiger partial charge in [0.2, 0.25) is 0 Å². The fourth-order valence-corrected chi connectivity index (χ4v) is 3.46. The summed E-state index contributed by atoms with van der Waals surface area (Å²) < 4.78 is 6.49. The van der Waals surface area contributed by atoms with Gasteiger partial charge >= 0.3 is 5.97 Å². The molecule has 1 aromatic heterocycles. The second-order valence-electron chi connectivity index (χ2n) is 7.44. The van der Waals surface area contributed by atoms with Gasteiger partial charge in [-0.2, -0.15) is 5.26 Å². The van der Waals surface area contributed by atoms with E-state index in [0.29, 0.717) is 41.8 Å². The number of ketones is 1. The Bertz CT molecular complexity index is 1020. The lowest BCUT2D eigenvalue weighted by Crippen LogP contribution is -2.33. The van der Waals surface area contributed by atoms with Gasteiger partial charge in [-0.1, -0.05) is 13.8 Å². The van der Waals surface area contributed by atoms with E-state index < -0.39 is 5.97 Å². The maximum absolute atomic E-state index is 12.6. The monoisotopic (exact) mass is 363 g/mol. The summed E-state index contributed by atoms with van der Waals surface area (Å²) >= 11 is 0. The maximum atomic E-state index is 12.6. The van der Waals surface area contributed by atoms with Gasteiger partial charge in [-0.05, 0) is 48.6 Å². The number of benzene rings is 1. The highest BCUT2D eigenvalue weighted by Crippen LogP contribution is 2.35. The molecule has 0 atom stereocenters. The molecule has 6 heteroatoms. The zero-order chi connectivity index (χ0) is 19.8. The normalized spacial score (nSPS) is 15.0. The molecule has 2 aromatic rings. The van der Waals surface area contributed by atoms with Crippen molar-refractivity contribution in [3.63, 3.8) is 0 Å². The Morgan fingerprint density at radius 3 is 2.56 bits per heavy atom. The number of fused-ring (bicyclic) bond motifs is 1. The number of hydrogen-bond donors (Lipinski definition) is 1. The third kappa shape index (κ3) is 3.41. The minimum Gasteiger partial charge on any atom is -0.462 e. The van der Waals surface area contributed by atoms with Gasteiger partial charge < -0.3 is 9.30 Å². The lowest BCUT2D eigenvalue weighted by Gasteiger charge is -2.31. The quantitative estimate of drug-likeness (QED) is 0.847. The van der Waals surface area contributed by atoms with Gasteiger partial charge in [0.1, 0.15) is 11.6 Å². The summed E-state index contributed by atoms with van der Waals surface area (Å²) in [7, 11) is 0. The first kappa shape index (κ1) is 18.6. The van der Waals surface area contributed by atoms with E-state index in [4.69, 9.17) is 10.1 Å². The molecule has 138 valence electrons. The number of carbonyl (C=O) groups is 2. The fourth-order valence-electron chi connectivity index (χ4n) is 3.46. The van der Waals surface area contributed by atoms with Gasteiger partial charge in [0, 0.05) is 23.9 Å². The Hall–Kier alpha value is -3.20. The highest BCUT2D eigenvalue weighted by Gasteiger charge is 2.33. The highest BCUT2D eigenvalue weighted by molar-refractivity contribution is 5.99. The van der Waals surface area contributed by atoms with Gasteiger partial charge in [-0.25, -0.2) is 4.79 Å². The van der Waals surface area contributed by atoms with Crippen LogP contribution in [0.5, 0.6) is 0 Å². The number of nitriles is 1. The number of rotatable bonds is 3. The van der Waals surface area contributed by atoms with E-state index in [1.165, 1.54) is 4.57 Å². The van der Waals surface area contributed by atoms with Crippen molar-refractivity contribution in [3.8, 4) is 11.8 Å². The van der Waals surface area contributed by atoms with Crippen LogP contribution in [0.4, 0.5) is 0 Å². The number of hydrogen-bond acceptors (Lipinski definition) is 5. The predicted octanol–water partition coefficient (Wildman–Crippen LogP) is 3.16. The third-order valence-electron chi connectivity index (χ3n) is 4.73. The molecular weight excluding hydrogens is 342 g/mol. The van der Waals surface area contributed by atoms with E-state index in [-0.39, 0.29) is 22.2 Å². The Labute approximate surface area is 157 Å². The molecule has 0 bridgehead atoms. The van der Waals surface area contributed by atoms with Crippen LogP contribution >= 0.6 is 0 Å². The number of esters is 1. The zero-order valence-corrected chi connectivity index (χ0v) is 15.6. The van der Waals surface area contributed by atoms with Crippen molar-refractivity contribution in [2.24, 2.45) is 5.41 Å². The van der Waals surface area contributed by atoms with Crippen molar-refractivity contribution in [1.29, 1.82) is 10.7 Å². The smallest absolute Gasteiger partial charge is 0.338 e. The van der Waals surface area contributed by atoms with Crippen LogP contribution in [0, 0.1) is 22.2 Å². The molecule has 0 unspecified atom stereocenters. The minimum atomic E-state index is -0.416. The molecule has 0 amide bonds. The molecule has 0 saturated heterocycles. The van der Waals surface area contributed by atoms with Crippen molar-refractivity contribution in [1.82, 2.24) is 4.57 Å². The van der Waals surface area contributed by atoms with E-state index >= 15 is 0 Å². The molecule has 0 aliphatic heterocycles. The van der Waals surface area contributed by atoms with Gasteiger partial charge in [0.25, 0.3) is 0 Å². The SMILES string of the molecule is CCOC(=O)c1ccc(-n2cc3c(c(C#N)c2=N)CC(C)(C)CC3=O)cc1. The van der Waals surface area contributed by atoms with Gasteiger partial charge in [-0.15, -0.1) is 0 Å². The topological polar surface area (TPSA) is 95.9 Å². The molecule has 1 heterocycles. The summed E-state index contributed by atoms with van der Waals surface area (Å²) in [5.41, 5.74) is 2.19. The Kier molecular flexibility index (Phi) is 4.71. The second-order valence-corrected chi connectivity index (χ2v) is 7.44. The molecule has 27 heavy (non-hydrogen) atoms. The molecule has 0 saturated carbocycles. The fraction of sp³-hybridized carbons (Fsp3) is 0.333. The summed E-state index contributed by atoms with van der Waals surface area (Å²) in [6, 6.07) is 8.67. The predicted molar refractivity (Wildman–Crippen MR) is 98.7 cm³/mol. The first-order chi connectivity index (χ1) is 12.8. The molecule has 0 spiro atoms. The highest BCUT2D eigenvalue weighted by atomic mass is 16.5. The van der Waals surface area contributed by atoms with Gasteiger partial charge in [0.15, 0.2) is 5.78 Å². The summed E-state index contributed by atoms with van der Waals surface area (Å²) in [5, 5.41) is 18.1. The zero-order valence-electron chi connectivity index (χ0n) is 15.6. The average Bonchev–Trinajstić information content (AvgIpc) is 2.61. The van der Waals surface area contributed by atoms with E-state index in [9.17, 15) is 14.9 Å². The van der Waals surface area contributed by atoms with Crippen LogP contribution < -0.4 is 5.49 Å². The second kappa shape index (κ2) is 6.84. The number of Topliss-reactive ketones (excluding diaryl/α,β-unsaturated/α-hetero) is 1. The molecule has 0 radical (unpaired) electrons. The molecule has 3 rings (SSSR count). The Morgan fingerprint density at radius 1 is 1.30 bits per heavy atom. The van der Waals surface area contributed by atoms with Crippen LogP contribution in [-0.4, -0.2) is 22.9 Å². The molecule has 1 N–H and O–H groups in total. The molecule has 1 aliphatic rings. The van der Waals surface area contributed by atoms with E-state index in [0.717, 1.165) is 0 Å². The summed E-state index contributed by atoms with van der Waals surface area (Å²) in [4.78, 5) is 24.4. The van der Waals surface area contributed by atoms with E-state index in [2.05, 4.69) is 6.07 Å². The van der Waals surface area contributed by atoms with Crippen LogP contribution in [0.3, 0.4) is 0 Å². The Morgan fingerprint density at radius 2 is 1.96 bits per heavy atom. The number of pyridine rings is 1. The molecule has 0 fully saturated rings. The van der Waals surface area contributed by atoms with E-state index in [1.807, 2.05) is 13.8 Å². The van der Waals surface area contributed by atoms with Crippen LogP contribution in [0.15, 0.2) is 30.5 Å². The summed E-state index contributed by atoms with van der Waals surface area (Å²) in [6.07, 6.45) is 2.63. The Balaban J connectivity index is 2.12. The van der Waals surface area contributed by atoms with Crippen molar-refractivity contribution >= 4 is 11.8 Å². The van der Waals surface area contributed by atoms with Crippen LogP contribution in [0.2, 0.25) is 0 Å². The van der Waals surface area contributed by atoms with E-state index in [1.54, 1.807) is 37.4 Å². The number of ether oxygens (including phenoxy) is 1. The number of carbonyl (C=O) groups excluding carboxylic acids is 2. The van der Waals surface area contributed by atoms with Crippen LogP contribution in [0.25, 0.3) is 5.69 Å². The van der Waals surface area contributed by atoms with Crippen molar-refractivity contribution < 1.29 is 14.3 Å². The van der Waals surface area contributed by atoms with Crippen molar-refractivity contribution in [2.45, 2.75) is 33.6 Å². The lowest BCUT2D eigenvalue weighted by molar-refractivity contribution is 0.0526. The van der Waals surface area contributed by atoms with Crippen molar-refractivity contribution in [2.75, 3.05) is 6.61 Å². The van der Waals surface area contributed by atoms with Gasteiger partial charge in [0.05, 0.1) is 17.7 Å². The minimum absolute atomic E-state index is 0.0188. The standard InChI is InChI=1S/C21H21N3O3/c1-4-27-20(26)13-5-7-14(8-6-13)24-12-17-15(16(11-22)19(24)23)9-21(2,3)10-18(17)25/h5-8,12,23H,4,9-10H2,1-3H3. The number of nitrogens with zero attached hydrogens (tertiary/aromatic N) is 2. The molecule has 1 aromatic carbocycles. The lowest BCUT2D eigenvalue weighted by atomic mass is 9.73. The summed E-state index contributed by atoms with van der Waals surface area (Å²) in [6.45, 7) is 6.02. The van der Waals surface area contributed by atoms with Crippen LogP contribution in [0.1, 0.15) is 59.0 Å². The molecule has 1 aliphatic carbocycles. The molecule has 6 nitrogen and oxygen atoms in total. The number of aromatic nitrogens is 1. The van der Waals surface area contributed by atoms with Crippen molar-refractivity contribution in [3.05, 3.63) is 58.2 Å². The third-order valence-corrected chi connectivity index (χ3v) is 4.73. The maximum Gasteiger partial charge on any atom is 0.338 e. The summed E-state index contributed by atoms with van der Waals surface area (Å²) in [5.74, 6) is -0.435.